The van der Waals surface area contributed by atoms with Crippen LogP contribution in [0.2, 0.25) is 18.1 Å². The number of amides is 1. The molecule has 3 rings (SSSR count). The number of unbranched alkanes of at least 4 members (excludes halogenated alkanes) is 6. The van der Waals surface area contributed by atoms with Crippen LogP contribution in [0.1, 0.15) is 97.1 Å². The molecule has 2 fully saturated rings. The number of hydrogen-bond acceptors (Lipinski definition) is 6. The maximum Gasteiger partial charge on any atom is 0.410 e. The topological polar surface area (TPSA) is 59.0 Å². The fourth-order valence-corrected chi connectivity index (χ4v) is 10.1. The Balaban J connectivity index is 1.93. The highest BCUT2D eigenvalue weighted by molar-refractivity contribution is 8.18. The zero-order valence-corrected chi connectivity index (χ0v) is 28.0. The summed E-state index contributed by atoms with van der Waals surface area (Å²) in [4.78, 5) is 14.7. The van der Waals surface area contributed by atoms with Crippen LogP contribution >= 0.6 is 23.5 Å². The normalized spacial score (nSPS) is 23.5. The van der Waals surface area contributed by atoms with Crippen LogP contribution in [0.3, 0.4) is 0 Å². The van der Waals surface area contributed by atoms with Crippen molar-refractivity contribution in [3.8, 4) is 0 Å². The van der Waals surface area contributed by atoms with Crippen molar-refractivity contribution in [2.45, 2.75) is 132 Å². The molecule has 4 atom stereocenters. The van der Waals surface area contributed by atoms with Crippen LogP contribution in [0.5, 0.6) is 0 Å². The summed E-state index contributed by atoms with van der Waals surface area (Å²) in [7, 11) is -0.505. The van der Waals surface area contributed by atoms with E-state index in [4.69, 9.17) is 9.16 Å². The van der Waals surface area contributed by atoms with Gasteiger partial charge >= 0.3 is 6.09 Å². The Morgan fingerprint density at radius 2 is 1.67 bits per heavy atom. The summed E-state index contributed by atoms with van der Waals surface area (Å²) in [5.74, 6) is 2.09. The quantitative estimate of drug-likeness (QED) is 0.172. The molecule has 2 saturated heterocycles. The van der Waals surface area contributed by atoms with Crippen molar-refractivity contribution in [2.24, 2.45) is 0 Å². The first kappa shape index (κ1) is 32.8. The van der Waals surface area contributed by atoms with Gasteiger partial charge in [-0.3, -0.25) is 0 Å². The van der Waals surface area contributed by atoms with E-state index < -0.39 is 32.7 Å². The van der Waals surface area contributed by atoms with E-state index in [0.717, 1.165) is 36.3 Å². The minimum atomic E-state index is -2.31. The molecule has 0 saturated carbocycles. The van der Waals surface area contributed by atoms with E-state index in [9.17, 15) is 9.90 Å². The zero-order valence-electron chi connectivity index (χ0n) is 25.4. The van der Waals surface area contributed by atoms with E-state index in [1.807, 2.05) is 53.9 Å². The molecule has 222 valence electrons. The third kappa shape index (κ3) is 8.21. The summed E-state index contributed by atoms with van der Waals surface area (Å²) in [5, 5.41) is 12.4. The number of rotatable bonds is 14. The molecule has 1 aromatic carbocycles. The smallest absolute Gasteiger partial charge is 0.410 e. The van der Waals surface area contributed by atoms with Gasteiger partial charge in [0.2, 0.25) is 0 Å². The van der Waals surface area contributed by atoms with Crippen LogP contribution in [-0.2, 0) is 9.16 Å². The Morgan fingerprint density at radius 1 is 1.08 bits per heavy atom. The molecule has 0 spiro atoms. The molecule has 1 unspecified atom stereocenters. The fourth-order valence-electron chi connectivity index (χ4n) is 5.36. The number of aliphatic hydroxyl groups is 1. The number of thioether (sulfide) groups is 2. The highest BCUT2D eigenvalue weighted by Crippen LogP contribution is 2.52. The Hall–Kier alpha value is -0.673. The number of cyclic esters (lactones) is 1. The first-order chi connectivity index (χ1) is 18.4. The summed E-state index contributed by atoms with van der Waals surface area (Å²) in [6.45, 7) is 13.4. The van der Waals surface area contributed by atoms with Gasteiger partial charge in [0.1, 0.15) is 12.1 Å². The first-order valence-electron chi connectivity index (χ1n) is 15.1. The van der Waals surface area contributed by atoms with Crippen molar-refractivity contribution >= 4 is 37.9 Å². The van der Waals surface area contributed by atoms with E-state index in [0.29, 0.717) is 0 Å². The second kappa shape index (κ2) is 14.5. The van der Waals surface area contributed by atoms with Gasteiger partial charge in [-0.25, -0.2) is 4.79 Å². The average Bonchev–Trinajstić information content (AvgIpc) is 3.20. The number of aliphatic hydroxyl groups excluding tert-OH is 1. The van der Waals surface area contributed by atoms with Crippen molar-refractivity contribution in [3.05, 3.63) is 35.9 Å². The molecule has 1 aromatic rings. The van der Waals surface area contributed by atoms with Gasteiger partial charge in [0, 0.05) is 7.05 Å². The highest BCUT2D eigenvalue weighted by atomic mass is 32.2. The van der Waals surface area contributed by atoms with E-state index in [2.05, 4.69) is 40.8 Å². The zero-order chi connectivity index (χ0) is 28.7. The lowest BCUT2D eigenvalue weighted by Gasteiger charge is -2.49. The summed E-state index contributed by atoms with van der Waals surface area (Å²) in [5.41, 5.74) is 0.946. The molecule has 0 radical (unpaired) electrons. The van der Waals surface area contributed by atoms with Crippen LogP contribution in [0.15, 0.2) is 30.3 Å². The van der Waals surface area contributed by atoms with E-state index >= 15 is 0 Å². The van der Waals surface area contributed by atoms with E-state index in [-0.39, 0.29) is 15.2 Å². The second-order valence-corrected chi connectivity index (χ2v) is 20.7. The van der Waals surface area contributed by atoms with Crippen molar-refractivity contribution in [2.75, 3.05) is 18.6 Å². The molecule has 0 aromatic heterocycles. The molecule has 2 aliphatic rings. The van der Waals surface area contributed by atoms with Crippen molar-refractivity contribution < 1.29 is 19.1 Å². The SMILES string of the molecule is CCCCCCCCCC1(C(O)[C@H](O[Si](C)(C)C(C)(C)C)[C@@H]2[C@@H](c3ccccc3)OC(=O)N2C)SCCCS1. The van der Waals surface area contributed by atoms with E-state index in [1.165, 1.54) is 38.5 Å². The van der Waals surface area contributed by atoms with Crippen LogP contribution in [0.25, 0.3) is 0 Å². The van der Waals surface area contributed by atoms with Crippen molar-refractivity contribution in [1.29, 1.82) is 0 Å². The number of likely N-dealkylation sites (N-methyl/N-ethyl adjacent to an activating group) is 1. The monoisotopic (exact) mass is 595 g/mol. The molecule has 0 aliphatic carbocycles. The molecule has 1 amide bonds. The Kier molecular flexibility index (Phi) is 12.2. The highest BCUT2D eigenvalue weighted by Gasteiger charge is 2.56. The number of carbonyl (C=O) groups is 1. The number of ether oxygens (including phenoxy) is 1. The number of carbonyl (C=O) groups excluding carboxylic acids is 1. The predicted molar refractivity (Wildman–Crippen MR) is 170 cm³/mol. The Bertz CT molecular complexity index is 888. The molecule has 2 aliphatic heterocycles. The number of benzene rings is 1. The molecule has 39 heavy (non-hydrogen) atoms. The molecule has 2 heterocycles. The van der Waals surface area contributed by atoms with Gasteiger partial charge in [0.25, 0.3) is 0 Å². The van der Waals surface area contributed by atoms with Gasteiger partial charge in [-0.2, -0.15) is 0 Å². The lowest BCUT2D eigenvalue weighted by molar-refractivity contribution is -0.0305. The van der Waals surface area contributed by atoms with Crippen LogP contribution < -0.4 is 0 Å². The van der Waals surface area contributed by atoms with Gasteiger partial charge < -0.3 is 19.2 Å². The summed E-state index contributed by atoms with van der Waals surface area (Å²) >= 11 is 3.83. The van der Waals surface area contributed by atoms with Crippen LogP contribution in [0, 0.1) is 0 Å². The molecular formula is C31H53NO4S2Si. The third-order valence-electron chi connectivity index (χ3n) is 8.85. The lowest BCUT2D eigenvalue weighted by atomic mass is 9.91. The molecule has 0 bridgehead atoms. The number of nitrogens with zero attached hydrogens (tertiary/aromatic N) is 1. The molecule has 1 N–H and O–H groups in total. The van der Waals surface area contributed by atoms with Gasteiger partial charge in [-0.05, 0) is 48.0 Å². The van der Waals surface area contributed by atoms with Gasteiger partial charge in [-0.1, -0.05) is 103 Å². The molecular weight excluding hydrogens is 543 g/mol. The van der Waals surface area contributed by atoms with Crippen LogP contribution in [0.4, 0.5) is 4.79 Å². The van der Waals surface area contributed by atoms with Gasteiger partial charge in [0.05, 0.1) is 10.2 Å². The fraction of sp³-hybridized carbons (Fsp3) is 0.774. The summed E-state index contributed by atoms with van der Waals surface area (Å²) in [6, 6.07) is 9.56. The predicted octanol–water partition coefficient (Wildman–Crippen LogP) is 8.64. The Morgan fingerprint density at radius 3 is 2.26 bits per heavy atom. The maximum atomic E-state index is 13.0. The van der Waals surface area contributed by atoms with Crippen molar-refractivity contribution in [1.82, 2.24) is 4.90 Å². The third-order valence-corrected chi connectivity index (χ3v) is 16.9. The summed E-state index contributed by atoms with van der Waals surface area (Å²) in [6.07, 6.45) is 8.77. The minimum absolute atomic E-state index is 0.0340. The summed E-state index contributed by atoms with van der Waals surface area (Å²) < 4.78 is 12.8. The lowest BCUT2D eigenvalue weighted by Crippen LogP contribution is -2.60. The molecule has 5 nitrogen and oxygen atoms in total. The average molecular weight is 596 g/mol. The minimum Gasteiger partial charge on any atom is -0.439 e. The molecule has 8 heteroatoms. The standard InChI is InChI=1S/C31H53NO4S2Si/c1-8-9-10-11-12-13-17-21-31(37-22-18-23-38-31)28(33)27(36-39(6,7)30(2,3)4)25-26(35-29(34)32(25)5)24-19-15-14-16-20-24/h14-16,19-20,25-28,33H,8-13,17-18,21-23H2,1-7H3/t25-,26+,27+,28?/m0/s1. The largest absolute Gasteiger partial charge is 0.439 e. The van der Waals surface area contributed by atoms with Gasteiger partial charge in [0.15, 0.2) is 14.4 Å². The number of hydrogen-bond donors (Lipinski definition) is 1. The van der Waals surface area contributed by atoms with E-state index in [1.54, 1.807) is 11.9 Å². The Labute approximate surface area is 247 Å². The van der Waals surface area contributed by atoms with Crippen LogP contribution in [-0.4, -0.2) is 65.3 Å². The second-order valence-electron chi connectivity index (χ2n) is 12.8. The first-order valence-corrected chi connectivity index (χ1v) is 19.9. The van der Waals surface area contributed by atoms with Gasteiger partial charge in [-0.15, -0.1) is 23.5 Å². The maximum absolute atomic E-state index is 13.0. The van der Waals surface area contributed by atoms with Crippen molar-refractivity contribution in [3.63, 3.8) is 0 Å².